The van der Waals surface area contributed by atoms with Crippen molar-refractivity contribution in [3.63, 3.8) is 0 Å². The van der Waals surface area contributed by atoms with Crippen molar-refractivity contribution in [2.24, 2.45) is 11.3 Å². The number of hydrogen-bond acceptors (Lipinski definition) is 2. The van der Waals surface area contributed by atoms with Crippen molar-refractivity contribution in [2.45, 2.75) is 44.8 Å². The van der Waals surface area contributed by atoms with Crippen LogP contribution in [0.2, 0.25) is 0 Å². The summed E-state index contributed by atoms with van der Waals surface area (Å²) in [6, 6.07) is 0. The maximum absolute atomic E-state index is 13.6. The predicted molar refractivity (Wildman–Crippen MR) is 55.9 cm³/mol. The van der Waals surface area contributed by atoms with Gasteiger partial charge in [0, 0.05) is 6.92 Å². The maximum atomic E-state index is 13.6. The average Bonchev–Trinajstić information content (AvgIpc) is 1.93. The molecular weight excluding hydrogens is 251 g/mol. The van der Waals surface area contributed by atoms with Gasteiger partial charge in [-0.15, -0.1) is 0 Å². The van der Waals surface area contributed by atoms with Gasteiger partial charge in [-0.05, 0) is 11.8 Å². The molecule has 0 saturated carbocycles. The van der Waals surface area contributed by atoms with Crippen molar-refractivity contribution in [1.29, 1.82) is 0 Å². The summed E-state index contributed by atoms with van der Waals surface area (Å²) in [5.41, 5.74) is -0.181. The van der Waals surface area contributed by atoms with Crippen LogP contribution in [-0.2, 0) is 9.53 Å². The molecule has 0 amide bonds. The molecule has 1 saturated heterocycles. The minimum atomic E-state index is -1.88. The lowest BCUT2D eigenvalue weighted by atomic mass is 9.76. The largest absolute Gasteiger partial charge is 0.427 e. The Hall–Kier alpha value is -0.120. The van der Waals surface area contributed by atoms with Crippen molar-refractivity contribution in [3.8, 4) is 0 Å². The lowest BCUT2D eigenvalue weighted by Crippen LogP contribution is -2.48. The lowest BCUT2D eigenvalue weighted by molar-refractivity contribution is -0.199. The van der Waals surface area contributed by atoms with Crippen LogP contribution in [0, 0.1) is 11.3 Å². The first-order valence-electron chi connectivity index (χ1n) is 4.70. The SMILES string of the molecule is CC(C)(C)[C@H]1C[C@@H](Br)[C@](C)(F)OC1=O. The molecule has 0 radical (unpaired) electrons. The highest BCUT2D eigenvalue weighted by Gasteiger charge is 2.48. The van der Waals surface area contributed by atoms with Gasteiger partial charge < -0.3 is 4.74 Å². The van der Waals surface area contributed by atoms with E-state index in [1.165, 1.54) is 6.92 Å². The minimum absolute atomic E-state index is 0.181. The summed E-state index contributed by atoms with van der Waals surface area (Å²) in [6.07, 6.45) is 0.481. The van der Waals surface area contributed by atoms with E-state index in [2.05, 4.69) is 15.9 Å². The molecule has 0 aromatic carbocycles. The van der Waals surface area contributed by atoms with Crippen LogP contribution in [0.3, 0.4) is 0 Å². The average molecular weight is 267 g/mol. The molecule has 0 spiro atoms. The second-order valence-electron chi connectivity index (χ2n) is 5.03. The molecule has 1 rings (SSSR count). The van der Waals surface area contributed by atoms with Crippen molar-refractivity contribution in [2.75, 3.05) is 0 Å². The van der Waals surface area contributed by atoms with E-state index in [4.69, 9.17) is 4.74 Å². The Kier molecular flexibility index (Phi) is 2.96. The highest BCUT2D eigenvalue weighted by Crippen LogP contribution is 2.42. The molecule has 0 N–H and O–H groups in total. The van der Waals surface area contributed by atoms with E-state index in [0.29, 0.717) is 6.42 Å². The van der Waals surface area contributed by atoms with Gasteiger partial charge >= 0.3 is 5.97 Å². The standard InChI is InChI=1S/C10H16BrFO2/c1-9(2,3)6-5-7(11)10(4,12)14-8(6)13/h6-7H,5H2,1-4H3/t6-,7+,10+/m0/s1. The van der Waals surface area contributed by atoms with Crippen molar-refractivity contribution in [3.05, 3.63) is 0 Å². The number of alkyl halides is 2. The summed E-state index contributed by atoms with van der Waals surface area (Å²) in [5.74, 6) is -2.55. The first-order valence-corrected chi connectivity index (χ1v) is 5.62. The summed E-state index contributed by atoms with van der Waals surface area (Å²) in [6.45, 7) is 7.15. The van der Waals surface area contributed by atoms with E-state index in [1.807, 2.05) is 20.8 Å². The van der Waals surface area contributed by atoms with E-state index in [0.717, 1.165) is 0 Å². The fourth-order valence-corrected chi connectivity index (χ4v) is 2.02. The Morgan fingerprint density at radius 3 is 2.50 bits per heavy atom. The molecule has 0 unspecified atom stereocenters. The van der Waals surface area contributed by atoms with Gasteiger partial charge in [0.15, 0.2) is 0 Å². The van der Waals surface area contributed by atoms with Gasteiger partial charge in [-0.25, -0.2) is 0 Å². The van der Waals surface area contributed by atoms with Crippen LogP contribution in [0.15, 0.2) is 0 Å². The number of carbonyl (C=O) groups excluding carboxylic acids is 1. The van der Waals surface area contributed by atoms with Gasteiger partial charge in [0.05, 0.1) is 10.7 Å². The van der Waals surface area contributed by atoms with E-state index in [-0.39, 0.29) is 11.3 Å². The molecule has 0 aromatic heterocycles. The summed E-state index contributed by atoms with van der Waals surface area (Å²) in [7, 11) is 0. The van der Waals surface area contributed by atoms with Crippen LogP contribution in [0.5, 0.6) is 0 Å². The number of carbonyl (C=O) groups is 1. The zero-order valence-electron chi connectivity index (χ0n) is 8.93. The topological polar surface area (TPSA) is 26.3 Å². The number of cyclic esters (lactones) is 1. The molecule has 1 heterocycles. The van der Waals surface area contributed by atoms with E-state index in [1.54, 1.807) is 0 Å². The molecule has 0 aromatic rings. The molecule has 1 fully saturated rings. The fourth-order valence-electron chi connectivity index (χ4n) is 1.55. The molecule has 2 nitrogen and oxygen atoms in total. The molecule has 0 bridgehead atoms. The molecule has 82 valence electrons. The lowest BCUT2D eigenvalue weighted by Gasteiger charge is -2.39. The van der Waals surface area contributed by atoms with Crippen LogP contribution in [0.25, 0.3) is 0 Å². The summed E-state index contributed by atoms with van der Waals surface area (Å²) in [4.78, 5) is 11.1. The van der Waals surface area contributed by atoms with E-state index >= 15 is 0 Å². The van der Waals surface area contributed by atoms with Gasteiger partial charge in [0.1, 0.15) is 0 Å². The number of hydrogen-bond donors (Lipinski definition) is 0. The third-order valence-corrected chi connectivity index (χ3v) is 3.82. The highest BCUT2D eigenvalue weighted by molar-refractivity contribution is 9.09. The normalized spacial score (nSPS) is 39.4. The second-order valence-corrected chi connectivity index (χ2v) is 6.13. The zero-order valence-corrected chi connectivity index (χ0v) is 10.5. The Morgan fingerprint density at radius 1 is 1.57 bits per heavy atom. The molecule has 14 heavy (non-hydrogen) atoms. The van der Waals surface area contributed by atoms with Gasteiger partial charge in [0.2, 0.25) is 0 Å². The molecule has 3 atom stereocenters. The highest BCUT2D eigenvalue weighted by atomic mass is 79.9. The Balaban J connectivity index is 2.83. The third-order valence-electron chi connectivity index (χ3n) is 2.63. The summed E-state index contributed by atoms with van der Waals surface area (Å²) in [5, 5.41) is 0. The molecule has 1 aliphatic heterocycles. The van der Waals surface area contributed by atoms with Gasteiger partial charge in [-0.3, -0.25) is 4.79 Å². The van der Waals surface area contributed by atoms with Crippen LogP contribution in [0.4, 0.5) is 4.39 Å². The van der Waals surface area contributed by atoms with Crippen molar-refractivity contribution < 1.29 is 13.9 Å². The summed E-state index contributed by atoms with van der Waals surface area (Å²) < 4.78 is 18.4. The number of rotatable bonds is 0. The fraction of sp³-hybridized carbons (Fsp3) is 0.900. The van der Waals surface area contributed by atoms with Gasteiger partial charge in [-0.1, -0.05) is 36.7 Å². The minimum Gasteiger partial charge on any atom is -0.427 e. The van der Waals surface area contributed by atoms with Crippen LogP contribution in [0.1, 0.15) is 34.1 Å². The van der Waals surface area contributed by atoms with Crippen LogP contribution in [-0.4, -0.2) is 16.7 Å². The first kappa shape index (κ1) is 12.0. The number of esters is 1. The number of ether oxygens (including phenoxy) is 1. The van der Waals surface area contributed by atoms with Crippen LogP contribution < -0.4 is 0 Å². The Morgan fingerprint density at radius 2 is 2.07 bits per heavy atom. The molecule has 1 aliphatic rings. The smallest absolute Gasteiger partial charge is 0.312 e. The van der Waals surface area contributed by atoms with Crippen molar-refractivity contribution >= 4 is 21.9 Å². The summed E-state index contributed by atoms with van der Waals surface area (Å²) >= 11 is 3.22. The molecular formula is C10H16BrFO2. The van der Waals surface area contributed by atoms with Gasteiger partial charge in [-0.2, -0.15) is 4.39 Å². The predicted octanol–water partition coefficient (Wildman–Crippen LogP) is 3.04. The van der Waals surface area contributed by atoms with Gasteiger partial charge in [0.25, 0.3) is 5.85 Å². The van der Waals surface area contributed by atoms with Crippen molar-refractivity contribution in [1.82, 2.24) is 0 Å². The zero-order chi connectivity index (χ0) is 11.1. The molecule has 0 aliphatic carbocycles. The third kappa shape index (κ3) is 2.27. The van der Waals surface area contributed by atoms with E-state index < -0.39 is 16.7 Å². The van der Waals surface area contributed by atoms with Crippen LogP contribution >= 0.6 is 15.9 Å². The Labute approximate surface area is 92.3 Å². The maximum Gasteiger partial charge on any atom is 0.312 e. The first-order chi connectivity index (χ1) is 6.14. The second kappa shape index (κ2) is 3.47. The monoisotopic (exact) mass is 266 g/mol. The number of halogens is 2. The Bertz CT molecular complexity index is 245. The van der Waals surface area contributed by atoms with E-state index in [9.17, 15) is 9.18 Å². The quantitative estimate of drug-likeness (QED) is 0.498. The molecule has 4 heteroatoms.